The van der Waals surface area contributed by atoms with E-state index in [1.807, 2.05) is 0 Å². The number of carbonyl (C=O) groups is 1. The molecule has 2 rings (SSSR count). The zero-order valence-corrected chi connectivity index (χ0v) is 17.8. The van der Waals surface area contributed by atoms with Crippen LogP contribution in [0.4, 0.5) is 13.2 Å². The normalized spacial score (nSPS) is 12.5. The van der Waals surface area contributed by atoms with Gasteiger partial charge in [0, 0.05) is 18.6 Å². The molecule has 1 atom stereocenters. The van der Waals surface area contributed by atoms with Crippen LogP contribution in [0.2, 0.25) is 10.0 Å². The number of benzene rings is 2. The summed E-state index contributed by atoms with van der Waals surface area (Å²) in [6, 6.07) is 7.57. The van der Waals surface area contributed by atoms with Gasteiger partial charge in [-0.3, -0.25) is 4.79 Å². The third-order valence-corrected chi connectivity index (χ3v) is 5.56. The Morgan fingerprint density at radius 3 is 2.52 bits per heavy atom. The first-order valence-electron chi connectivity index (χ1n) is 8.39. The molecule has 29 heavy (non-hydrogen) atoms. The van der Waals surface area contributed by atoms with Gasteiger partial charge in [0.15, 0.2) is 0 Å². The molecule has 4 nitrogen and oxygen atoms in total. The number of hydrogen-bond donors (Lipinski definition) is 1. The molecule has 158 valence electrons. The van der Waals surface area contributed by atoms with Crippen LogP contribution in [0.5, 0.6) is 11.5 Å². The highest BCUT2D eigenvalue weighted by atomic mass is 35.5. The Hall–Kier alpha value is -1.61. The lowest BCUT2D eigenvalue weighted by atomic mass is 10.2. The first-order valence-corrected chi connectivity index (χ1v) is 10.0. The van der Waals surface area contributed by atoms with Crippen LogP contribution >= 0.6 is 35.0 Å². The standard InChI is InChI=1S/C19H18Cl2F3NO3S/c1-11(18(26)25-7-8-27-2)29-17-10-13(4-5-14(17)20)28-16-6-3-12(9-15(16)21)19(22,23)24/h3-6,9-11H,7-8H2,1-2H3,(H,25,26). The second kappa shape index (κ2) is 10.4. The van der Waals surface area contributed by atoms with Crippen LogP contribution in [0.3, 0.4) is 0 Å². The molecule has 0 saturated heterocycles. The summed E-state index contributed by atoms with van der Waals surface area (Å²) in [4.78, 5) is 12.7. The second-order valence-electron chi connectivity index (χ2n) is 5.88. The fourth-order valence-corrected chi connectivity index (χ4v) is 3.59. The van der Waals surface area contributed by atoms with E-state index in [9.17, 15) is 18.0 Å². The van der Waals surface area contributed by atoms with Crippen LogP contribution < -0.4 is 10.1 Å². The van der Waals surface area contributed by atoms with Crippen molar-refractivity contribution in [2.45, 2.75) is 23.2 Å². The van der Waals surface area contributed by atoms with Gasteiger partial charge in [-0.2, -0.15) is 13.2 Å². The van der Waals surface area contributed by atoms with Crippen molar-refractivity contribution >= 4 is 40.9 Å². The lowest BCUT2D eigenvalue weighted by Crippen LogP contribution is -2.33. The minimum Gasteiger partial charge on any atom is -0.456 e. The Balaban J connectivity index is 2.12. The van der Waals surface area contributed by atoms with Gasteiger partial charge in [-0.15, -0.1) is 11.8 Å². The Morgan fingerprint density at radius 2 is 1.90 bits per heavy atom. The van der Waals surface area contributed by atoms with E-state index in [-0.39, 0.29) is 16.7 Å². The van der Waals surface area contributed by atoms with Gasteiger partial charge in [-0.25, -0.2) is 0 Å². The van der Waals surface area contributed by atoms with Crippen LogP contribution in [0.15, 0.2) is 41.3 Å². The van der Waals surface area contributed by atoms with E-state index < -0.39 is 17.0 Å². The average Bonchev–Trinajstić information content (AvgIpc) is 2.65. The molecule has 0 aromatic heterocycles. The monoisotopic (exact) mass is 467 g/mol. The quantitative estimate of drug-likeness (QED) is 0.379. The van der Waals surface area contributed by atoms with Crippen LogP contribution in [0.1, 0.15) is 12.5 Å². The van der Waals surface area contributed by atoms with Crippen molar-refractivity contribution in [3.05, 3.63) is 52.0 Å². The maximum Gasteiger partial charge on any atom is 0.416 e. The summed E-state index contributed by atoms with van der Waals surface area (Å²) >= 11 is 13.3. The number of halogens is 5. The van der Waals surface area contributed by atoms with Crippen molar-refractivity contribution < 1.29 is 27.4 Å². The number of methoxy groups -OCH3 is 1. The van der Waals surface area contributed by atoms with E-state index in [1.54, 1.807) is 32.2 Å². The smallest absolute Gasteiger partial charge is 0.416 e. The summed E-state index contributed by atoms with van der Waals surface area (Å²) in [5, 5.41) is 2.54. The SMILES string of the molecule is COCCNC(=O)C(C)Sc1cc(Oc2ccc(C(F)(F)F)cc2Cl)ccc1Cl. The number of amides is 1. The molecule has 0 aliphatic rings. The van der Waals surface area contributed by atoms with Crippen molar-refractivity contribution in [2.75, 3.05) is 20.3 Å². The molecule has 0 radical (unpaired) electrons. The molecule has 0 spiro atoms. The largest absolute Gasteiger partial charge is 0.456 e. The Labute approximate surface area is 180 Å². The highest BCUT2D eigenvalue weighted by Gasteiger charge is 2.31. The molecule has 0 saturated carbocycles. The number of hydrogen-bond acceptors (Lipinski definition) is 4. The molecule has 0 fully saturated rings. The molecule has 1 N–H and O–H groups in total. The van der Waals surface area contributed by atoms with Gasteiger partial charge < -0.3 is 14.8 Å². The zero-order valence-electron chi connectivity index (χ0n) is 15.5. The van der Waals surface area contributed by atoms with Crippen molar-refractivity contribution in [3.63, 3.8) is 0 Å². The van der Waals surface area contributed by atoms with Crippen LogP contribution in [0.25, 0.3) is 0 Å². The molecule has 0 aliphatic heterocycles. The highest BCUT2D eigenvalue weighted by Crippen LogP contribution is 2.38. The fourth-order valence-electron chi connectivity index (χ4n) is 2.19. The summed E-state index contributed by atoms with van der Waals surface area (Å²) in [6.45, 7) is 2.52. The Bertz CT molecular complexity index is 865. The first-order chi connectivity index (χ1) is 13.6. The molecule has 2 aromatic rings. The summed E-state index contributed by atoms with van der Waals surface area (Å²) in [7, 11) is 1.54. The number of ether oxygens (including phenoxy) is 2. The van der Waals surface area contributed by atoms with Crippen molar-refractivity contribution in [2.24, 2.45) is 0 Å². The van der Waals surface area contributed by atoms with E-state index in [0.717, 1.165) is 18.2 Å². The van der Waals surface area contributed by atoms with Gasteiger partial charge in [0.05, 0.1) is 27.5 Å². The Morgan fingerprint density at radius 1 is 1.17 bits per heavy atom. The molecule has 0 bridgehead atoms. The van der Waals surface area contributed by atoms with Crippen molar-refractivity contribution in [1.82, 2.24) is 5.32 Å². The third kappa shape index (κ3) is 6.99. The summed E-state index contributed by atoms with van der Waals surface area (Å²) in [5.74, 6) is 0.217. The molecule has 10 heteroatoms. The number of carbonyl (C=O) groups excluding carboxylic acids is 1. The molecular weight excluding hydrogens is 450 g/mol. The first kappa shape index (κ1) is 23.7. The maximum atomic E-state index is 12.8. The number of nitrogens with one attached hydrogen (secondary N) is 1. The molecular formula is C19H18Cl2F3NO3S. The van der Waals surface area contributed by atoms with E-state index in [0.29, 0.717) is 28.8 Å². The molecule has 0 aliphatic carbocycles. The highest BCUT2D eigenvalue weighted by molar-refractivity contribution is 8.00. The minimum atomic E-state index is -4.49. The van der Waals surface area contributed by atoms with Gasteiger partial charge in [-0.1, -0.05) is 23.2 Å². The number of alkyl halides is 3. The number of rotatable bonds is 8. The van der Waals surface area contributed by atoms with E-state index in [1.165, 1.54) is 11.8 Å². The summed E-state index contributed by atoms with van der Waals surface area (Å²) < 4.78 is 48.7. The van der Waals surface area contributed by atoms with Gasteiger partial charge in [0.1, 0.15) is 11.5 Å². The van der Waals surface area contributed by atoms with E-state index in [2.05, 4.69) is 5.32 Å². The van der Waals surface area contributed by atoms with Gasteiger partial charge >= 0.3 is 6.18 Å². The molecule has 1 amide bonds. The van der Waals surface area contributed by atoms with Gasteiger partial charge in [0.25, 0.3) is 0 Å². The van der Waals surface area contributed by atoms with E-state index >= 15 is 0 Å². The lowest BCUT2D eigenvalue weighted by Gasteiger charge is -2.15. The van der Waals surface area contributed by atoms with Gasteiger partial charge in [0.2, 0.25) is 5.91 Å². The molecule has 1 unspecified atom stereocenters. The predicted octanol–water partition coefficient (Wildman–Crippen LogP) is 6.05. The van der Waals surface area contributed by atoms with Crippen molar-refractivity contribution in [1.29, 1.82) is 0 Å². The van der Waals surface area contributed by atoms with Crippen molar-refractivity contribution in [3.8, 4) is 11.5 Å². The lowest BCUT2D eigenvalue weighted by molar-refractivity contribution is -0.137. The molecule has 2 aromatic carbocycles. The fraction of sp³-hybridized carbons (Fsp3) is 0.316. The predicted molar refractivity (Wildman–Crippen MR) is 108 cm³/mol. The minimum absolute atomic E-state index is 0.0725. The average molecular weight is 468 g/mol. The van der Waals surface area contributed by atoms with Crippen LogP contribution in [-0.4, -0.2) is 31.4 Å². The van der Waals surface area contributed by atoms with Crippen LogP contribution in [-0.2, 0) is 15.7 Å². The summed E-state index contributed by atoms with van der Waals surface area (Å²) in [5.41, 5.74) is -0.865. The number of thioether (sulfide) groups is 1. The zero-order chi connectivity index (χ0) is 21.6. The van der Waals surface area contributed by atoms with Crippen LogP contribution in [0, 0.1) is 0 Å². The Kier molecular flexibility index (Phi) is 8.51. The molecule has 0 heterocycles. The summed E-state index contributed by atoms with van der Waals surface area (Å²) in [6.07, 6.45) is -4.49. The van der Waals surface area contributed by atoms with E-state index in [4.69, 9.17) is 32.7 Å². The maximum absolute atomic E-state index is 12.8. The second-order valence-corrected chi connectivity index (χ2v) is 8.08. The topological polar surface area (TPSA) is 47.6 Å². The third-order valence-electron chi connectivity index (χ3n) is 3.67. The van der Waals surface area contributed by atoms with Gasteiger partial charge in [-0.05, 0) is 43.3 Å².